The number of thiazole rings is 1. The van der Waals surface area contributed by atoms with Crippen LogP contribution in [0.25, 0.3) is 27.1 Å². The van der Waals surface area contributed by atoms with Crippen molar-refractivity contribution in [1.82, 2.24) is 4.48 Å². The molecule has 2 N–H and O–H groups in total. The molecule has 2 aliphatic rings. The first-order valence-corrected chi connectivity index (χ1v) is 20.6. The van der Waals surface area contributed by atoms with E-state index in [2.05, 4.69) is 39.8 Å². The van der Waals surface area contributed by atoms with Gasteiger partial charge in [0.25, 0.3) is 15.1 Å². The van der Waals surface area contributed by atoms with Crippen molar-refractivity contribution >= 4 is 95.5 Å². The summed E-state index contributed by atoms with van der Waals surface area (Å²) in [5.74, 6) is -1.11. The Hall–Kier alpha value is -3.78. The zero-order valence-corrected chi connectivity index (χ0v) is 31.0. The van der Waals surface area contributed by atoms with E-state index in [0.717, 1.165) is 85.9 Å². The lowest BCUT2D eigenvalue weighted by Crippen LogP contribution is -2.69. The minimum absolute atomic E-state index is 0.273. The maximum absolute atomic E-state index is 12.2. The van der Waals surface area contributed by atoms with E-state index >= 15 is 0 Å². The van der Waals surface area contributed by atoms with Crippen LogP contribution in [0.4, 0.5) is 11.4 Å². The Balaban J connectivity index is 1.14. The van der Waals surface area contributed by atoms with Crippen LogP contribution in [0.3, 0.4) is 0 Å². The number of thioether (sulfide) groups is 1. The van der Waals surface area contributed by atoms with Gasteiger partial charge in [0.2, 0.25) is 5.52 Å². The number of aliphatic carboxylic acids is 1. The number of benzene rings is 4. The van der Waals surface area contributed by atoms with Crippen LogP contribution >= 0.6 is 34.7 Å². The fourth-order valence-electron chi connectivity index (χ4n) is 7.35. The Labute approximate surface area is 310 Å². The molecular formula is C38H38ClN3O6S3+2. The molecule has 2 atom stereocenters. The fraction of sp³-hybridized carbons (Fsp3) is 0.289. The monoisotopic (exact) mass is 763 g/mol. The fourth-order valence-corrected chi connectivity index (χ4v) is 10.3. The van der Waals surface area contributed by atoms with Gasteiger partial charge < -0.3 is 10.0 Å². The Kier molecular flexibility index (Phi) is 10.3. The number of anilines is 1. The number of carboxylic acids is 1. The number of nitrogens with zero attached hydrogens (tertiary/aromatic N) is 3. The molecule has 5 aromatic rings. The van der Waals surface area contributed by atoms with Gasteiger partial charge in [-0.05, 0) is 78.6 Å². The molecule has 13 heteroatoms. The second-order valence-corrected chi connectivity index (χ2v) is 17.3. The second kappa shape index (κ2) is 14.7. The lowest BCUT2D eigenvalue weighted by Gasteiger charge is -2.50. The standard InChI is InChI=1S/C38H36ClN3O6S3/c39-29-11-14-34-32(23-29)40(16-4-1-5-18-42(19-15-33(42)38(44)45)30-12-9-26(25-43)10-13-30)36(49-34)24-37-41(17-6-20-51(46,47)48)31-21-27-7-2-3-8-28(27)22-35(31)50-37/h2-3,7-14,21-25,33H,1,4-6,15-20H2/p+2. The molecule has 1 aromatic heterocycles. The van der Waals surface area contributed by atoms with E-state index < -0.39 is 22.1 Å². The number of carboxylic acid groups (broad SMARTS) is 1. The van der Waals surface area contributed by atoms with Crippen LogP contribution in [0.15, 0.2) is 88.8 Å². The zero-order valence-electron chi connectivity index (χ0n) is 27.8. The topological polar surface area (TPSA) is 116 Å². The second-order valence-electron chi connectivity index (χ2n) is 13.1. The van der Waals surface area contributed by atoms with Crippen LogP contribution in [0.1, 0.15) is 47.5 Å². The van der Waals surface area contributed by atoms with E-state index in [0.29, 0.717) is 34.6 Å². The molecule has 51 heavy (non-hydrogen) atoms. The number of quaternary nitrogens is 1. The van der Waals surface area contributed by atoms with Gasteiger partial charge in [-0.1, -0.05) is 59.0 Å². The number of fused-ring (bicyclic) bond motifs is 3. The Bertz CT molecular complexity index is 2270. The van der Waals surface area contributed by atoms with Crippen molar-refractivity contribution in [2.75, 3.05) is 30.3 Å². The number of unbranched alkanes of at least 4 members (excludes halogenated alkanes) is 2. The number of halogens is 1. The Morgan fingerprint density at radius 1 is 1.00 bits per heavy atom. The minimum Gasteiger partial charge on any atom is -0.477 e. The predicted molar refractivity (Wildman–Crippen MR) is 206 cm³/mol. The highest BCUT2D eigenvalue weighted by Gasteiger charge is 2.52. The summed E-state index contributed by atoms with van der Waals surface area (Å²) in [7, 11) is -4.09. The maximum atomic E-state index is 12.2. The first-order chi connectivity index (χ1) is 24.5. The largest absolute Gasteiger partial charge is 0.477 e. The highest BCUT2D eigenvalue weighted by Crippen LogP contribution is 2.48. The van der Waals surface area contributed by atoms with Crippen molar-refractivity contribution in [2.24, 2.45) is 0 Å². The summed E-state index contributed by atoms with van der Waals surface area (Å²) < 4.78 is 36.3. The SMILES string of the molecule is O=Cc1ccc([N+]2(CCCCCN3/C(=C/c4sc5cc6ccccc6cc5[n+]4CCCS(=O)(=O)O)Sc4ccc(Cl)cc43)CCC2C(=O)O)cc1. The molecular weight excluding hydrogens is 726 g/mol. The highest BCUT2D eigenvalue weighted by atomic mass is 35.5. The van der Waals surface area contributed by atoms with Gasteiger partial charge in [-0.15, -0.1) is 0 Å². The number of carbonyl (C=O) groups is 2. The van der Waals surface area contributed by atoms with Crippen molar-refractivity contribution in [2.45, 2.75) is 49.6 Å². The van der Waals surface area contributed by atoms with Crippen LogP contribution in [-0.4, -0.2) is 61.8 Å². The molecule has 0 radical (unpaired) electrons. The molecule has 0 amide bonds. The third-order valence-electron chi connectivity index (χ3n) is 9.99. The molecule has 7 rings (SSSR count). The summed E-state index contributed by atoms with van der Waals surface area (Å²) in [6, 6.07) is 25.2. The predicted octanol–water partition coefficient (Wildman–Crippen LogP) is 8.03. The summed E-state index contributed by atoms with van der Waals surface area (Å²) in [5, 5.41) is 14.9. The quantitative estimate of drug-likeness (QED) is 0.0384. The average Bonchev–Trinajstić information content (AvgIpc) is 3.59. The summed E-state index contributed by atoms with van der Waals surface area (Å²) in [6.07, 6.45) is 6.49. The summed E-state index contributed by atoms with van der Waals surface area (Å²) >= 11 is 9.82. The molecule has 0 saturated carbocycles. The molecule has 264 valence electrons. The molecule has 2 unspecified atom stereocenters. The van der Waals surface area contributed by atoms with E-state index in [4.69, 9.17) is 11.6 Å². The first kappa shape index (κ1) is 35.6. The van der Waals surface area contributed by atoms with Crippen LogP contribution in [0.2, 0.25) is 5.02 Å². The van der Waals surface area contributed by atoms with Crippen LogP contribution in [-0.2, 0) is 21.5 Å². The van der Waals surface area contributed by atoms with Gasteiger partial charge in [-0.3, -0.25) is 13.8 Å². The van der Waals surface area contributed by atoms with Crippen LogP contribution in [0, 0.1) is 0 Å². The van der Waals surface area contributed by atoms with Gasteiger partial charge in [-0.25, -0.2) is 4.79 Å². The van der Waals surface area contributed by atoms with E-state index in [-0.39, 0.29) is 12.2 Å². The maximum Gasteiger partial charge on any atom is 0.363 e. The lowest BCUT2D eigenvalue weighted by molar-refractivity contribution is -0.668. The molecule has 4 aromatic carbocycles. The molecule has 3 heterocycles. The minimum atomic E-state index is -4.09. The van der Waals surface area contributed by atoms with Gasteiger partial charge in [0, 0.05) is 34.5 Å². The van der Waals surface area contributed by atoms with Crippen molar-refractivity contribution in [1.29, 1.82) is 0 Å². The number of aldehydes is 1. The van der Waals surface area contributed by atoms with Gasteiger partial charge in [0.05, 0.1) is 42.1 Å². The van der Waals surface area contributed by atoms with Gasteiger partial charge >= 0.3 is 5.97 Å². The molecule has 1 saturated heterocycles. The Morgan fingerprint density at radius 3 is 2.45 bits per heavy atom. The average molecular weight is 764 g/mol. The number of aryl methyl sites for hydroxylation is 1. The number of hydrogen-bond acceptors (Lipinski definition) is 7. The number of hydrogen-bond donors (Lipinski definition) is 2. The molecule has 1 fully saturated rings. The molecule has 0 bridgehead atoms. The van der Waals surface area contributed by atoms with Crippen LogP contribution < -0.4 is 14.0 Å². The first-order valence-electron chi connectivity index (χ1n) is 17.0. The molecule has 0 spiro atoms. The van der Waals surface area contributed by atoms with Crippen molar-refractivity contribution < 1.29 is 32.2 Å². The summed E-state index contributed by atoms with van der Waals surface area (Å²) in [5.41, 5.74) is 3.56. The van der Waals surface area contributed by atoms with E-state index in [1.165, 1.54) is 0 Å². The van der Waals surface area contributed by atoms with Gasteiger partial charge in [0.1, 0.15) is 16.7 Å². The highest BCUT2D eigenvalue weighted by molar-refractivity contribution is 8.03. The summed E-state index contributed by atoms with van der Waals surface area (Å²) in [6.45, 7) is 2.63. The third-order valence-corrected chi connectivity index (χ3v) is 13.2. The number of aromatic nitrogens is 1. The third kappa shape index (κ3) is 7.44. The normalized spacial score (nSPS) is 19.5. The zero-order chi connectivity index (χ0) is 35.8. The molecule has 9 nitrogen and oxygen atoms in total. The molecule has 2 aliphatic heterocycles. The number of rotatable bonds is 14. The van der Waals surface area contributed by atoms with Gasteiger partial charge in [0.15, 0.2) is 12.6 Å². The lowest BCUT2D eigenvalue weighted by atomic mass is 9.94. The Morgan fingerprint density at radius 2 is 1.76 bits per heavy atom. The van der Waals surface area contributed by atoms with Crippen molar-refractivity contribution in [3.8, 4) is 0 Å². The van der Waals surface area contributed by atoms with E-state index in [9.17, 15) is 27.7 Å². The van der Waals surface area contributed by atoms with Crippen LogP contribution in [0.5, 0.6) is 0 Å². The van der Waals surface area contributed by atoms with Gasteiger partial charge in [-0.2, -0.15) is 13.0 Å². The van der Waals surface area contributed by atoms with E-state index in [1.54, 1.807) is 35.2 Å². The number of carbonyl (C=O) groups excluding carboxylic acids is 1. The number of likely N-dealkylation sites (tertiary alicyclic amines) is 1. The van der Waals surface area contributed by atoms with Crippen molar-refractivity contribution in [3.63, 3.8) is 0 Å². The smallest absolute Gasteiger partial charge is 0.363 e. The molecule has 0 aliphatic carbocycles. The van der Waals surface area contributed by atoms with E-state index in [1.807, 2.05) is 42.5 Å². The van der Waals surface area contributed by atoms with Crippen molar-refractivity contribution in [3.05, 3.63) is 99.5 Å². The summed E-state index contributed by atoms with van der Waals surface area (Å²) in [4.78, 5) is 26.8.